The number of carbonyl (C=O) groups is 1. The maximum Gasteiger partial charge on any atom is 0.227 e. The highest BCUT2D eigenvalue weighted by Crippen LogP contribution is 2.35. The van der Waals surface area contributed by atoms with E-state index in [2.05, 4.69) is 17.4 Å². The van der Waals surface area contributed by atoms with Gasteiger partial charge in [-0.15, -0.1) is 0 Å². The molecule has 142 valence electrons. The number of carbonyl (C=O) groups excluding carboxylic acids is 1. The van der Waals surface area contributed by atoms with Crippen LogP contribution in [-0.2, 0) is 22.7 Å². The van der Waals surface area contributed by atoms with Gasteiger partial charge in [0.2, 0.25) is 5.91 Å². The Bertz CT molecular complexity index is 884. The van der Waals surface area contributed by atoms with E-state index >= 15 is 0 Å². The number of hydroxylamine groups is 2. The Morgan fingerprint density at radius 2 is 1.43 bits per heavy atom. The van der Waals surface area contributed by atoms with Gasteiger partial charge in [-0.1, -0.05) is 91.0 Å². The summed E-state index contributed by atoms with van der Waals surface area (Å²) in [5, 5.41) is 4.98. The second kappa shape index (κ2) is 8.83. The summed E-state index contributed by atoms with van der Waals surface area (Å²) in [4.78, 5) is 19.2. The molecule has 4 nitrogen and oxygen atoms in total. The smallest absolute Gasteiger partial charge is 0.227 e. The van der Waals surface area contributed by atoms with Crippen LogP contribution in [0.15, 0.2) is 91.0 Å². The van der Waals surface area contributed by atoms with Crippen molar-refractivity contribution < 1.29 is 9.63 Å². The van der Waals surface area contributed by atoms with Gasteiger partial charge in [-0.05, 0) is 16.7 Å². The highest BCUT2D eigenvalue weighted by atomic mass is 16.7. The number of nitrogens with one attached hydrogen (secondary N) is 1. The van der Waals surface area contributed by atoms with Crippen molar-refractivity contribution in [2.24, 2.45) is 5.92 Å². The molecule has 1 aliphatic rings. The van der Waals surface area contributed by atoms with E-state index in [1.165, 1.54) is 5.56 Å². The largest absolute Gasteiger partial charge is 0.352 e. The zero-order valence-corrected chi connectivity index (χ0v) is 15.7. The van der Waals surface area contributed by atoms with E-state index in [-0.39, 0.29) is 17.9 Å². The molecule has 28 heavy (non-hydrogen) atoms. The molecular weight excluding hydrogens is 348 g/mol. The van der Waals surface area contributed by atoms with Gasteiger partial charge in [-0.2, -0.15) is 5.06 Å². The van der Waals surface area contributed by atoms with Crippen LogP contribution in [0.3, 0.4) is 0 Å². The average Bonchev–Trinajstić information content (AvgIpc) is 3.18. The average molecular weight is 372 g/mol. The highest BCUT2D eigenvalue weighted by Gasteiger charge is 2.39. The van der Waals surface area contributed by atoms with Crippen molar-refractivity contribution in [1.82, 2.24) is 10.4 Å². The van der Waals surface area contributed by atoms with Crippen LogP contribution in [0.5, 0.6) is 0 Å². The van der Waals surface area contributed by atoms with Crippen molar-refractivity contribution in [3.63, 3.8) is 0 Å². The second-order valence-electron chi connectivity index (χ2n) is 7.05. The SMILES string of the molecule is O=C(NCc1ccccc1)C1CN(Cc2ccccc2)OC1c1ccccc1. The van der Waals surface area contributed by atoms with Crippen molar-refractivity contribution >= 4 is 5.91 Å². The van der Waals surface area contributed by atoms with Crippen LogP contribution in [0, 0.1) is 5.92 Å². The maximum atomic E-state index is 13.0. The van der Waals surface area contributed by atoms with Gasteiger partial charge in [0.25, 0.3) is 0 Å². The first-order valence-electron chi connectivity index (χ1n) is 9.62. The molecular formula is C24H24N2O2. The molecule has 2 atom stereocenters. The molecule has 1 aliphatic heterocycles. The standard InChI is InChI=1S/C24H24N2O2/c27-24(25-16-19-10-4-1-5-11-19)22-18-26(17-20-12-6-2-7-13-20)28-23(22)21-14-8-3-9-15-21/h1-15,22-23H,16-18H2,(H,25,27). The van der Waals surface area contributed by atoms with Gasteiger partial charge < -0.3 is 5.32 Å². The molecule has 0 radical (unpaired) electrons. The lowest BCUT2D eigenvalue weighted by Gasteiger charge is -2.18. The minimum absolute atomic E-state index is 0.0215. The first-order chi connectivity index (χ1) is 13.8. The Morgan fingerprint density at radius 1 is 0.857 bits per heavy atom. The second-order valence-corrected chi connectivity index (χ2v) is 7.05. The first kappa shape index (κ1) is 18.4. The van der Waals surface area contributed by atoms with Crippen molar-refractivity contribution in [2.75, 3.05) is 6.54 Å². The molecule has 1 fully saturated rings. The first-order valence-corrected chi connectivity index (χ1v) is 9.62. The van der Waals surface area contributed by atoms with Gasteiger partial charge in [-0.3, -0.25) is 9.63 Å². The van der Waals surface area contributed by atoms with Crippen LogP contribution in [0.4, 0.5) is 0 Å². The van der Waals surface area contributed by atoms with Crippen molar-refractivity contribution in [2.45, 2.75) is 19.2 Å². The molecule has 3 aromatic carbocycles. The quantitative estimate of drug-likeness (QED) is 0.708. The summed E-state index contributed by atoms with van der Waals surface area (Å²) in [6, 6.07) is 30.1. The van der Waals surface area contributed by atoms with Crippen molar-refractivity contribution in [3.05, 3.63) is 108 Å². The van der Waals surface area contributed by atoms with Crippen LogP contribution in [-0.4, -0.2) is 17.5 Å². The van der Waals surface area contributed by atoms with E-state index in [1.807, 2.05) is 83.9 Å². The Balaban J connectivity index is 1.48. The van der Waals surface area contributed by atoms with E-state index in [4.69, 9.17) is 4.84 Å². The van der Waals surface area contributed by atoms with Gasteiger partial charge in [-0.25, -0.2) is 0 Å². The molecule has 4 heteroatoms. The third-order valence-electron chi connectivity index (χ3n) is 5.00. The molecule has 1 saturated heterocycles. The lowest BCUT2D eigenvalue weighted by molar-refractivity contribution is -0.157. The number of amides is 1. The molecule has 3 aromatic rings. The predicted octanol–water partition coefficient (Wildman–Crippen LogP) is 4.11. The molecule has 0 spiro atoms. The molecule has 0 saturated carbocycles. The summed E-state index contributed by atoms with van der Waals surface area (Å²) in [5.41, 5.74) is 3.28. The zero-order valence-electron chi connectivity index (χ0n) is 15.7. The number of hydrogen-bond donors (Lipinski definition) is 1. The molecule has 2 unspecified atom stereocenters. The van der Waals surface area contributed by atoms with Gasteiger partial charge in [0.05, 0.1) is 5.92 Å². The predicted molar refractivity (Wildman–Crippen MR) is 109 cm³/mol. The maximum absolute atomic E-state index is 13.0. The molecule has 0 aromatic heterocycles. The monoisotopic (exact) mass is 372 g/mol. The Morgan fingerprint density at radius 3 is 2.07 bits per heavy atom. The van der Waals surface area contributed by atoms with Crippen LogP contribution in [0.25, 0.3) is 0 Å². The fourth-order valence-corrected chi connectivity index (χ4v) is 3.55. The highest BCUT2D eigenvalue weighted by molar-refractivity contribution is 5.80. The van der Waals surface area contributed by atoms with Crippen LogP contribution in [0.1, 0.15) is 22.8 Å². The normalized spacial score (nSPS) is 19.4. The number of hydrogen-bond acceptors (Lipinski definition) is 3. The van der Waals surface area contributed by atoms with Crippen molar-refractivity contribution in [3.8, 4) is 0 Å². The third kappa shape index (κ3) is 4.47. The van der Waals surface area contributed by atoms with E-state index in [0.29, 0.717) is 19.6 Å². The van der Waals surface area contributed by atoms with Crippen LogP contribution in [0.2, 0.25) is 0 Å². The molecule has 0 aliphatic carbocycles. The minimum Gasteiger partial charge on any atom is -0.352 e. The topological polar surface area (TPSA) is 41.6 Å². The van der Waals surface area contributed by atoms with E-state index < -0.39 is 0 Å². The van der Waals surface area contributed by atoms with E-state index in [1.54, 1.807) is 0 Å². The fraction of sp³-hybridized carbons (Fsp3) is 0.208. The zero-order chi connectivity index (χ0) is 19.2. The fourth-order valence-electron chi connectivity index (χ4n) is 3.55. The molecule has 0 bridgehead atoms. The van der Waals surface area contributed by atoms with Crippen molar-refractivity contribution in [1.29, 1.82) is 0 Å². The molecule has 4 rings (SSSR count). The summed E-state index contributed by atoms with van der Waals surface area (Å²) in [6.07, 6.45) is -0.277. The lowest BCUT2D eigenvalue weighted by Crippen LogP contribution is -2.34. The van der Waals surface area contributed by atoms with Gasteiger partial charge >= 0.3 is 0 Å². The van der Waals surface area contributed by atoms with Crippen LogP contribution >= 0.6 is 0 Å². The number of benzene rings is 3. The van der Waals surface area contributed by atoms with E-state index in [0.717, 1.165) is 11.1 Å². The summed E-state index contributed by atoms with van der Waals surface area (Å²) >= 11 is 0. The number of rotatable bonds is 6. The van der Waals surface area contributed by atoms with Crippen LogP contribution < -0.4 is 5.32 Å². The summed E-state index contributed by atoms with van der Waals surface area (Å²) < 4.78 is 0. The lowest BCUT2D eigenvalue weighted by atomic mass is 9.95. The Kier molecular flexibility index (Phi) is 5.80. The van der Waals surface area contributed by atoms with E-state index in [9.17, 15) is 4.79 Å². The van der Waals surface area contributed by atoms with Gasteiger partial charge in [0.15, 0.2) is 0 Å². The molecule has 1 N–H and O–H groups in total. The summed E-state index contributed by atoms with van der Waals surface area (Å²) in [5.74, 6) is -0.233. The molecule has 1 amide bonds. The summed E-state index contributed by atoms with van der Waals surface area (Å²) in [7, 11) is 0. The summed E-state index contributed by atoms with van der Waals surface area (Å²) in [6.45, 7) is 1.75. The minimum atomic E-state index is -0.277. The third-order valence-corrected chi connectivity index (χ3v) is 5.00. The number of nitrogens with zero attached hydrogens (tertiary/aromatic N) is 1. The van der Waals surface area contributed by atoms with Gasteiger partial charge in [0, 0.05) is 19.6 Å². The Labute approximate surface area is 165 Å². The Hall–Kier alpha value is -2.95. The molecule has 1 heterocycles. The van der Waals surface area contributed by atoms with Gasteiger partial charge in [0.1, 0.15) is 6.10 Å².